The third-order valence-corrected chi connectivity index (χ3v) is 2.81. The van der Waals surface area contributed by atoms with E-state index in [4.69, 9.17) is 5.11 Å². The fourth-order valence-electron chi connectivity index (χ4n) is 1.27. The highest BCUT2D eigenvalue weighted by Gasteiger charge is 2.36. The highest BCUT2D eigenvalue weighted by atomic mass is 32.2. The van der Waals surface area contributed by atoms with Crippen LogP contribution in [-0.2, 0) is 19.1 Å². The second-order valence-corrected chi connectivity index (χ2v) is 3.95. The molecule has 6 nitrogen and oxygen atoms in total. The van der Waals surface area contributed by atoms with Gasteiger partial charge in [-0.3, -0.25) is 14.5 Å². The van der Waals surface area contributed by atoms with Gasteiger partial charge >= 0.3 is 5.97 Å². The molecule has 84 valence electrons. The average molecular weight is 233 g/mol. The first-order valence-electron chi connectivity index (χ1n) is 4.22. The third-order valence-electron chi connectivity index (χ3n) is 1.91. The lowest BCUT2D eigenvalue weighted by molar-refractivity contribution is -0.158. The molecular formula is C8H11NO5S. The topological polar surface area (TPSA) is 83.9 Å². The van der Waals surface area contributed by atoms with E-state index in [9.17, 15) is 14.4 Å². The molecule has 1 atom stereocenters. The van der Waals surface area contributed by atoms with Gasteiger partial charge in [0, 0.05) is 7.11 Å². The molecule has 1 fully saturated rings. The number of imide groups is 1. The van der Waals surface area contributed by atoms with E-state index in [1.807, 2.05) is 0 Å². The molecule has 0 radical (unpaired) electrons. The summed E-state index contributed by atoms with van der Waals surface area (Å²) in [6.45, 7) is -0.183. The van der Waals surface area contributed by atoms with Crippen molar-refractivity contribution in [3.05, 3.63) is 0 Å². The zero-order valence-corrected chi connectivity index (χ0v) is 8.95. The van der Waals surface area contributed by atoms with Gasteiger partial charge in [-0.15, -0.1) is 11.8 Å². The molecule has 1 N–H and O–H groups in total. The molecule has 2 amide bonds. The van der Waals surface area contributed by atoms with Gasteiger partial charge in [0.05, 0.1) is 18.1 Å². The molecule has 0 aromatic rings. The maximum Gasteiger partial charge on any atom is 0.329 e. The van der Waals surface area contributed by atoms with Crippen molar-refractivity contribution in [2.75, 3.05) is 25.2 Å². The van der Waals surface area contributed by atoms with E-state index in [0.29, 0.717) is 0 Å². The molecule has 7 heteroatoms. The van der Waals surface area contributed by atoms with Crippen molar-refractivity contribution in [2.24, 2.45) is 0 Å². The van der Waals surface area contributed by atoms with Crippen molar-refractivity contribution in [3.63, 3.8) is 0 Å². The first-order valence-corrected chi connectivity index (χ1v) is 5.37. The largest absolute Gasteiger partial charge is 0.480 e. The van der Waals surface area contributed by atoms with E-state index in [0.717, 1.165) is 4.90 Å². The monoisotopic (exact) mass is 233 g/mol. The maximum atomic E-state index is 11.4. The molecular weight excluding hydrogens is 222 g/mol. The van der Waals surface area contributed by atoms with Gasteiger partial charge < -0.3 is 9.84 Å². The van der Waals surface area contributed by atoms with Gasteiger partial charge in [0.25, 0.3) is 0 Å². The second-order valence-electron chi connectivity index (χ2n) is 2.96. The molecule has 1 aliphatic heterocycles. The van der Waals surface area contributed by atoms with Gasteiger partial charge in [0.15, 0.2) is 6.04 Å². The number of rotatable bonds is 4. The van der Waals surface area contributed by atoms with Crippen molar-refractivity contribution in [1.82, 2.24) is 4.90 Å². The quantitative estimate of drug-likeness (QED) is 0.639. The van der Waals surface area contributed by atoms with Gasteiger partial charge in [0.1, 0.15) is 0 Å². The smallest absolute Gasteiger partial charge is 0.329 e. The number of ether oxygens (including phenoxy) is 1. The number of thioether (sulfide) groups is 1. The number of aliphatic carboxylic acids is 1. The summed E-state index contributed by atoms with van der Waals surface area (Å²) in [6.07, 6.45) is 0. The van der Waals surface area contributed by atoms with Crippen LogP contribution in [0.25, 0.3) is 0 Å². The lowest BCUT2D eigenvalue weighted by atomic mass is 10.2. The summed E-state index contributed by atoms with van der Waals surface area (Å²) in [5.74, 6) is -1.90. The van der Waals surface area contributed by atoms with Crippen molar-refractivity contribution in [1.29, 1.82) is 0 Å². The van der Waals surface area contributed by atoms with Gasteiger partial charge in [-0.1, -0.05) is 0 Å². The standard InChI is InChI=1S/C8H11NO5S/c1-14-2-5(8(12)13)9-6(10)3-15-4-7(9)11/h5H,2-4H2,1H3,(H,12,13). The Morgan fingerprint density at radius 2 is 2.07 bits per heavy atom. The zero-order chi connectivity index (χ0) is 11.4. The summed E-state index contributed by atoms with van der Waals surface area (Å²) in [6, 6.07) is -1.21. The number of carbonyl (C=O) groups is 3. The van der Waals surface area contributed by atoms with E-state index in [2.05, 4.69) is 4.74 Å². The molecule has 0 spiro atoms. The molecule has 1 aliphatic rings. The van der Waals surface area contributed by atoms with E-state index >= 15 is 0 Å². The summed E-state index contributed by atoms with van der Waals surface area (Å²) in [5, 5.41) is 8.86. The molecule has 0 aromatic heterocycles. The third kappa shape index (κ3) is 2.69. The molecule has 0 aliphatic carbocycles. The molecule has 1 heterocycles. The van der Waals surface area contributed by atoms with Gasteiger partial charge in [0.2, 0.25) is 11.8 Å². The van der Waals surface area contributed by atoms with Gasteiger partial charge in [-0.2, -0.15) is 0 Å². The van der Waals surface area contributed by atoms with Crippen molar-refractivity contribution >= 4 is 29.5 Å². The Kier molecular flexibility index (Phi) is 4.10. The summed E-state index contributed by atoms with van der Waals surface area (Å²) < 4.78 is 4.68. The number of hydrogen-bond acceptors (Lipinski definition) is 5. The fourth-order valence-corrected chi connectivity index (χ4v) is 2.00. The molecule has 15 heavy (non-hydrogen) atoms. The summed E-state index contributed by atoms with van der Waals surface area (Å²) in [7, 11) is 1.32. The van der Waals surface area contributed by atoms with E-state index in [1.54, 1.807) is 0 Å². The van der Waals surface area contributed by atoms with Crippen LogP contribution in [0.3, 0.4) is 0 Å². The molecule has 1 saturated heterocycles. The van der Waals surface area contributed by atoms with Crippen LogP contribution < -0.4 is 0 Å². The number of methoxy groups -OCH3 is 1. The zero-order valence-electron chi connectivity index (χ0n) is 8.13. The summed E-state index contributed by atoms with van der Waals surface area (Å²) >= 11 is 1.19. The van der Waals surface area contributed by atoms with Gasteiger partial charge in [-0.25, -0.2) is 4.79 Å². The number of carbonyl (C=O) groups excluding carboxylic acids is 2. The molecule has 1 rings (SSSR count). The van der Waals surface area contributed by atoms with Crippen LogP contribution in [0.4, 0.5) is 0 Å². The van der Waals surface area contributed by atoms with Crippen LogP contribution in [0.5, 0.6) is 0 Å². The lowest BCUT2D eigenvalue weighted by Gasteiger charge is -2.29. The van der Waals surface area contributed by atoms with E-state index in [-0.39, 0.29) is 18.1 Å². The van der Waals surface area contributed by atoms with Crippen LogP contribution >= 0.6 is 11.8 Å². The Hall–Kier alpha value is -1.08. The fraction of sp³-hybridized carbons (Fsp3) is 0.625. The number of carboxylic acid groups (broad SMARTS) is 1. The van der Waals surface area contributed by atoms with Crippen molar-refractivity contribution < 1.29 is 24.2 Å². The number of nitrogens with zero attached hydrogens (tertiary/aromatic N) is 1. The average Bonchev–Trinajstić information content (AvgIpc) is 2.15. The summed E-state index contributed by atoms with van der Waals surface area (Å²) in [4.78, 5) is 34.4. The minimum absolute atomic E-state index is 0.138. The Labute approximate surface area is 90.6 Å². The lowest BCUT2D eigenvalue weighted by Crippen LogP contribution is -2.54. The predicted octanol–water partition coefficient (Wildman–Crippen LogP) is -0.812. The minimum atomic E-state index is -1.23. The first kappa shape index (κ1) is 12.0. The highest BCUT2D eigenvalue weighted by Crippen LogP contribution is 2.15. The van der Waals surface area contributed by atoms with E-state index < -0.39 is 23.8 Å². The minimum Gasteiger partial charge on any atom is -0.480 e. The first-order chi connectivity index (χ1) is 7.07. The van der Waals surface area contributed by atoms with Crippen LogP contribution in [0.1, 0.15) is 0 Å². The van der Waals surface area contributed by atoms with Crippen LogP contribution in [0.2, 0.25) is 0 Å². The SMILES string of the molecule is COCC(C(=O)O)N1C(=O)CSCC1=O. The Morgan fingerprint density at radius 1 is 1.53 bits per heavy atom. The Balaban J connectivity index is 2.83. The highest BCUT2D eigenvalue weighted by molar-refractivity contribution is 8.00. The number of hydrogen-bond donors (Lipinski definition) is 1. The van der Waals surface area contributed by atoms with Crippen LogP contribution in [0, 0.1) is 0 Å². The second kappa shape index (κ2) is 5.13. The van der Waals surface area contributed by atoms with Crippen molar-refractivity contribution in [3.8, 4) is 0 Å². The maximum absolute atomic E-state index is 11.4. The predicted molar refractivity (Wildman–Crippen MR) is 52.5 cm³/mol. The number of amides is 2. The Morgan fingerprint density at radius 3 is 2.47 bits per heavy atom. The van der Waals surface area contributed by atoms with Crippen LogP contribution in [0.15, 0.2) is 0 Å². The normalized spacial score (nSPS) is 19.1. The number of carboxylic acids is 1. The molecule has 0 aromatic carbocycles. The van der Waals surface area contributed by atoms with Gasteiger partial charge in [-0.05, 0) is 0 Å². The molecule has 0 saturated carbocycles. The van der Waals surface area contributed by atoms with E-state index in [1.165, 1.54) is 18.9 Å². The van der Waals surface area contributed by atoms with Crippen molar-refractivity contribution in [2.45, 2.75) is 6.04 Å². The Bertz CT molecular complexity index is 277. The summed E-state index contributed by atoms with van der Waals surface area (Å²) in [5.41, 5.74) is 0. The molecule has 1 unspecified atom stereocenters. The van der Waals surface area contributed by atoms with Crippen LogP contribution in [-0.4, -0.2) is 59.1 Å². The molecule has 0 bridgehead atoms.